The van der Waals surface area contributed by atoms with Gasteiger partial charge in [0.2, 0.25) is 0 Å². The molecule has 0 radical (unpaired) electrons. The third kappa shape index (κ3) is 2.28. The zero-order valence-corrected chi connectivity index (χ0v) is 12.4. The first-order valence-electron chi connectivity index (χ1n) is 7.84. The summed E-state index contributed by atoms with van der Waals surface area (Å²) in [5.41, 5.74) is 3.96. The molecule has 110 valence electrons. The number of hydrogen-bond acceptors (Lipinski definition) is 1. The minimum atomic E-state index is 0.0887. The van der Waals surface area contributed by atoms with Crippen molar-refractivity contribution >= 4 is 16.9 Å². The van der Waals surface area contributed by atoms with E-state index in [2.05, 4.69) is 34.6 Å². The predicted octanol–water partition coefficient (Wildman–Crippen LogP) is 2.83. The number of carbonyl (C=O) groups excluding carboxylic acids is 1. The Labute approximate surface area is 124 Å². The van der Waals surface area contributed by atoms with Crippen LogP contribution in [0.25, 0.3) is 10.9 Å². The third-order valence-electron chi connectivity index (χ3n) is 4.84. The maximum atomic E-state index is 12.2. The largest absolute Gasteiger partial charge is 0.358 e. The van der Waals surface area contributed by atoms with E-state index >= 15 is 0 Å². The highest BCUT2D eigenvalue weighted by Gasteiger charge is 2.30. The molecule has 0 saturated heterocycles. The van der Waals surface area contributed by atoms with Crippen molar-refractivity contribution in [2.75, 3.05) is 7.05 Å². The van der Waals surface area contributed by atoms with Crippen molar-refractivity contribution in [1.82, 2.24) is 15.2 Å². The van der Waals surface area contributed by atoms with E-state index in [9.17, 15) is 4.79 Å². The number of para-hydroxylation sites is 1. The number of aromatic amines is 1. The maximum absolute atomic E-state index is 12.2. The Bertz CT molecular complexity index is 686. The van der Waals surface area contributed by atoms with Crippen LogP contribution >= 0.6 is 0 Å². The highest BCUT2D eigenvalue weighted by atomic mass is 16.2. The smallest absolute Gasteiger partial charge is 0.317 e. The molecule has 2 aliphatic carbocycles. The first kappa shape index (κ1) is 12.7. The lowest BCUT2D eigenvalue weighted by molar-refractivity contribution is 0.184. The first-order valence-corrected chi connectivity index (χ1v) is 7.84. The van der Waals surface area contributed by atoms with E-state index in [1.165, 1.54) is 22.2 Å². The van der Waals surface area contributed by atoms with Gasteiger partial charge in [-0.1, -0.05) is 18.2 Å². The Kier molecular flexibility index (Phi) is 2.91. The van der Waals surface area contributed by atoms with Gasteiger partial charge in [0.15, 0.2) is 0 Å². The molecule has 2 amide bonds. The van der Waals surface area contributed by atoms with Crippen LogP contribution in [-0.4, -0.2) is 35.0 Å². The van der Waals surface area contributed by atoms with Crippen molar-refractivity contribution < 1.29 is 4.79 Å². The molecule has 1 saturated carbocycles. The van der Waals surface area contributed by atoms with Crippen molar-refractivity contribution in [1.29, 1.82) is 0 Å². The van der Waals surface area contributed by atoms with Crippen LogP contribution in [-0.2, 0) is 12.8 Å². The standard InChI is InChI=1S/C17H21N3O/c1-20(17(21)18-11-6-7-11)12-8-9-16-14(10-12)13-4-2-3-5-15(13)19-16/h2-5,11-12,19H,6-10H2,1H3,(H,18,21). The summed E-state index contributed by atoms with van der Waals surface area (Å²) in [6, 6.07) is 9.28. The second-order valence-electron chi connectivity index (χ2n) is 6.36. The van der Waals surface area contributed by atoms with E-state index in [0.29, 0.717) is 12.1 Å². The van der Waals surface area contributed by atoms with Gasteiger partial charge in [0.1, 0.15) is 0 Å². The molecule has 0 aliphatic heterocycles. The van der Waals surface area contributed by atoms with Gasteiger partial charge in [-0.25, -0.2) is 4.79 Å². The Morgan fingerprint density at radius 3 is 2.90 bits per heavy atom. The number of urea groups is 1. The summed E-state index contributed by atoms with van der Waals surface area (Å²) >= 11 is 0. The molecule has 2 N–H and O–H groups in total. The summed E-state index contributed by atoms with van der Waals surface area (Å²) in [6.07, 6.45) is 5.28. The topological polar surface area (TPSA) is 48.1 Å². The fourth-order valence-corrected chi connectivity index (χ4v) is 3.35. The molecule has 4 nitrogen and oxygen atoms in total. The normalized spacial score (nSPS) is 21.1. The van der Waals surface area contributed by atoms with Crippen LogP contribution in [0.5, 0.6) is 0 Å². The number of aromatic nitrogens is 1. The number of likely N-dealkylation sites (N-methyl/N-ethyl adjacent to an activating group) is 1. The van der Waals surface area contributed by atoms with Gasteiger partial charge in [0, 0.05) is 35.7 Å². The van der Waals surface area contributed by atoms with Crippen LogP contribution < -0.4 is 5.32 Å². The molecular weight excluding hydrogens is 262 g/mol. The Morgan fingerprint density at radius 2 is 2.10 bits per heavy atom. The van der Waals surface area contributed by atoms with Gasteiger partial charge < -0.3 is 15.2 Å². The average molecular weight is 283 g/mol. The number of nitrogens with zero attached hydrogens (tertiary/aromatic N) is 1. The van der Waals surface area contributed by atoms with Crippen molar-refractivity contribution in [3.05, 3.63) is 35.5 Å². The van der Waals surface area contributed by atoms with Gasteiger partial charge in [-0.2, -0.15) is 0 Å². The molecule has 0 spiro atoms. The number of benzene rings is 1. The highest BCUT2D eigenvalue weighted by Crippen LogP contribution is 2.30. The van der Waals surface area contributed by atoms with Crippen LogP contribution in [0.2, 0.25) is 0 Å². The minimum absolute atomic E-state index is 0.0887. The first-order chi connectivity index (χ1) is 10.2. The lowest BCUT2D eigenvalue weighted by Crippen LogP contribution is -2.46. The van der Waals surface area contributed by atoms with E-state index in [1.807, 2.05) is 11.9 Å². The number of aryl methyl sites for hydroxylation is 1. The Balaban J connectivity index is 1.56. The summed E-state index contributed by atoms with van der Waals surface area (Å²) in [7, 11) is 1.93. The minimum Gasteiger partial charge on any atom is -0.358 e. The van der Waals surface area contributed by atoms with Crippen molar-refractivity contribution in [3.8, 4) is 0 Å². The van der Waals surface area contributed by atoms with E-state index < -0.39 is 0 Å². The molecule has 0 bridgehead atoms. The van der Waals surface area contributed by atoms with Crippen LogP contribution in [0.3, 0.4) is 0 Å². The number of carbonyl (C=O) groups is 1. The number of nitrogens with one attached hydrogen (secondary N) is 2. The number of H-pyrrole nitrogens is 1. The van der Waals surface area contributed by atoms with Gasteiger partial charge in [-0.3, -0.25) is 0 Å². The fraction of sp³-hybridized carbons (Fsp3) is 0.471. The second kappa shape index (κ2) is 4.79. The molecule has 4 heteroatoms. The van der Waals surface area contributed by atoms with Crippen molar-refractivity contribution in [3.63, 3.8) is 0 Å². The van der Waals surface area contributed by atoms with Gasteiger partial charge >= 0.3 is 6.03 Å². The molecule has 21 heavy (non-hydrogen) atoms. The Morgan fingerprint density at radius 1 is 1.29 bits per heavy atom. The molecule has 1 unspecified atom stereocenters. The highest BCUT2D eigenvalue weighted by molar-refractivity contribution is 5.85. The monoisotopic (exact) mass is 283 g/mol. The molecule has 1 aromatic heterocycles. The van der Waals surface area contributed by atoms with E-state index in [4.69, 9.17) is 0 Å². The van der Waals surface area contributed by atoms with Crippen LogP contribution in [0.15, 0.2) is 24.3 Å². The molecule has 1 fully saturated rings. The summed E-state index contributed by atoms with van der Waals surface area (Å²) in [5.74, 6) is 0. The molecule has 1 atom stereocenters. The average Bonchev–Trinajstić information content (AvgIpc) is 3.24. The summed E-state index contributed by atoms with van der Waals surface area (Å²) in [4.78, 5) is 17.6. The maximum Gasteiger partial charge on any atom is 0.317 e. The molecular formula is C17H21N3O. The van der Waals surface area contributed by atoms with Crippen molar-refractivity contribution in [2.24, 2.45) is 0 Å². The predicted molar refractivity (Wildman–Crippen MR) is 83.4 cm³/mol. The number of hydrogen-bond donors (Lipinski definition) is 2. The second-order valence-corrected chi connectivity index (χ2v) is 6.36. The van der Waals surface area contributed by atoms with Crippen LogP contribution in [0, 0.1) is 0 Å². The summed E-state index contributed by atoms with van der Waals surface area (Å²) in [6.45, 7) is 0. The SMILES string of the molecule is CN(C(=O)NC1CC1)C1CCc2[nH]c3ccccc3c2C1. The van der Waals surface area contributed by atoms with Gasteiger partial charge in [0.25, 0.3) is 0 Å². The lowest BCUT2D eigenvalue weighted by Gasteiger charge is -2.31. The van der Waals surface area contributed by atoms with Crippen LogP contribution in [0.4, 0.5) is 4.79 Å². The third-order valence-corrected chi connectivity index (χ3v) is 4.84. The van der Waals surface area contributed by atoms with Gasteiger partial charge in [-0.05, 0) is 43.7 Å². The molecule has 4 rings (SSSR count). The Hall–Kier alpha value is -1.97. The van der Waals surface area contributed by atoms with Gasteiger partial charge in [-0.15, -0.1) is 0 Å². The molecule has 1 aromatic carbocycles. The van der Waals surface area contributed by atoms with Crippen molar-refractivity contribution in [2.45, 2.75) is 44.2 Å². The van der Waals surface area contributed by atoms with E-state index in [-0.39, 0.29) is 6.03 Å². The van der Waals surface area contributed by atoms with E-state index in [1.54, 1.807) is 0 Å². The molecule has 1 heterocycles. The number of fused-ring (bicyclic) bond motifs is 3. The zero-order valence-electron chi connectivity index (χ0n) is 12.4. The molecule has 2 aromatic rings. The number of rotatable bonds is 2. The fourth-order valence-electron chi connectivity index (χ4n) is 3.35. The quantitative estimate of drug-likeness (QED) is 0.875. The number of amides is 2. The zero-order chi connectivity index (χ0) is 14.4. The summed E-state index contributed by atoms with van der Waals surface area (Å²) in [5, 5.41) is 4.40. The van der Waals surface area contributed by atoms with Crippen LogP contribution in [0.1, 0.15) is 30.5 Å². The molecule has 2 aliphatic rings. The van der Waals surface area contributed by atoms with E-state index in [0.717, 1.165) is 32.1 Å². The van der Waals surface area contributed by atoms with Gasteiger partial charge in [0.05, 0.1) is 0 Å². The lowest BCUT2D eigenvalue weighted by atomic mass is 9.91. The summed E-state index contributed by atoms with van der Waals surface area (Å²) < 4.78 is 0.